The number of benzene rings is 1. The number of hydrogen-bond acceptors (Lipinski definition) is 10. The molecule has 1 fully saturated rings. The Morgan fingerprint density at radius 3 is 2.09 bits per heavy atom. The third-order valence-electron chi connectivity index (χ3n) is 4.35. The van der Waals surface area contributed by atoms with E-state index in [0.29, 0.717) is 0 Å². The van der Waals surface area contributed by atoms with Gasteiger partial charge in [0.2, 0.25) is 3.79 Å². The monoisotopic (exact) mass is 571 g/mol. The Morgan fingerprint density at radius 1 is 0.943 bits per heavy atom. The van der Waals surface area contributed by atoms with Gasteiger partial charge in [-0.3, -0.25) is 14.4 Å². The minimum Gasteiger partial charge on any atom is -0.463 e. The van der Waals surface area contributed by atoms with E-state index in [-0.39, 0.29) is 6.61 Å². The minimum absolute atomic E-state index is 0.304. The highest BCUT2D eigenvalue weighted by molar-refractivity contribution is 7.99. The number of ether oxygens (including phenoxy) is 5. The van der Waals surface area contributed by atoms with Gasteiger partial charge in [-0.2, -0.15) is 0 Å². The molecule has 0 saturated carbocycles. The first-order valence-corrected chi connectivity index (χ1v) is 12.2. The summed E-state index contributed by atoms with van der Waals surface area (Å²) >= 11 is 18.1. The smallest absolute Gasteiger partial charge is 0.407 e. The Morgan fingerprint density at radius 2 is 1.54 bits per heavy atom. The molecule has 1 aromatic rings. The molecule has 0 spiro atoms. The van der Waals surface area contributed by atoms with Crippen molar-refractivity contribution >= 4 is 70.6 Å². The summed E-state index contributed by atoms with van der Waals surface area (Å²) in [4.78, 5) is 48.5. The maximum atomic E-state index is 12.5. The lowest BCUT2D eigenvalue weighted by Gasteiger charge is -2.44. The fourth-order valence-corrected chi connectivity index (χ4v) is 4.43. The molecule has 1 aromatic carbocycles. The average Bonchev–Trinajstić information content (AvgIpc) is 2.74. The normalized spacial score (nSPS) is 24.1. The number of alkyl halides is 3. The minimum atomic E-state index is -1.86. The van der Waals surface area contributed by atoms with Gasteiger partial charge in [0.15, 0.2) is 12.2 Å². The largest absolute Gasteiger partial charge is 0.463 e. The van der Waals surface area contributed by atoms with Gasteiger partial charge in [0, 0.05) is 25.7 Å². The van der Waals surface area contributed by atoms with Gasteiger partial charge in [-0.25, -0.2) is 4.79 Å². The first-order chi connectivity index (χ1) is 16.4. The summed E-state index contributed by atoms with van der Waals surface area (Å²) in [5.74, 6) is -2.03. The van der Waals surface area contributed by atoms with Crippen LogP contribution in [0.2, 0.25) is 0 Å². The molecule has 5 atom stereocenters. The molecule has 1 aliphatic heterocycles. The van der Waals surface area contributed by atoms with E-state index in [1.807, 2.05) is 6.07 Å². The molecule has 1 heterocycles. The number of halogens is 3. The van der Waals surface area contributed by atoms with Gasteiger partial charge in [-0.1, -0.05) is 64.8 Å². The molecule has 1 saturated heterocycles. The molecule has 1 aliphatic rings. The molecule has 14 heteroatoms. The van der Waals surface area contributed by atoms with Crippen molar-refractivity contribution in [3.05, 3.63) is 30.3 Å². The zero-order valence-electron chi connectivity index (χ0n) is 18.9. The second-order valence-corrected chi connectivity index (χ2v) is 11.0. The number of esters is 3. The van der Waals surface area contributed by atoms with Crippen LogP contribution < -0.4 is 5.32 Å². The van der Waals surface area contributed by atoms with Crippen molar-refractivity contribution in [2.45, 2.75) is 59.2 Å². The summed E-state index contributed by atoms with van der Waals surface area (Å²) in [5.41, 5.74) is -0.908. The molecule has 194 valence electrons. The van der Waals surface area contributed by atoms with Crippen LogP contribution in [0.5, 0.6) is 0 Å². The van der Waals surface area contributed by atoms with Crippen molar-refractivity contribution in [3.63, 3.8) is 0 Å². The number of alkyl carbamates (subject to hydrolysis) is 1. The molecular formula is C21H24Cl3NO9S. The lowest BCUT2D eigenvalue weighted by atomic mass is 9.97. The van der Waals surface area contributed by atoms with Crippen molar-refractivity contribution < 1.29 is 42.9 Å². The number of rotatable bonds is 8. The summed E-state index contributed by atoms with van der Waals surface area (Å²) < 4.78 is 25.1. The maximum Gasteiger partial charge on any atom is 0.407 e. The third-order valence-corrected chi connectivity index (χ3v) is 5.86. The van der Waals surface area contributed by atoms with E-state index in [0.717, 1.165) is 18.7 Å². The number of nitrogens with one attached hydrogen (secondary N) is 1. The van der Waals surface area contributed by atoms with Crippen LogP contribution in [0, 0.1) is 0 Å². The highest BCUT2D eigenvalue weighted by Gasteiger charge is 2.51. The van der Waals surface area contributed by atoms with Crippen LogP contribution in [0.15, 0.2) is 35.2 Å². The van der Waals surface area contributed by atoms with Crippen LogP contribution >= 0.6 is 46.6 Å². The molecular weight excluding hydrogens is 549 g/mol. The molecule has 2 rings (SSSR count). The number of thioether (sulfide) groups is 1. The molecule has 0 aliphatic carbocycles. The highest BCUT2D eigenvalue weighted by atomic mass is 35.6. The van der Waals surface area contributed by atoms with Crippen LogP contribution in [0.25, 0.3) is 0 Å². The number of hydrogen-bond donors (Lipinski definition) is 1. The highest BCUT2D eigenvalue weighted by Crippen LogP contribution is 2.36. The Balaban J connectivity index is 2.42. The van der Waals surface area contributed by atoms with Gasteiger partial charge >= 0.3 is 24.0 Å². The molecule has 1 amide bonds. The zero-order chi connectivity index (χ0) is 26.2. The van der Waals surface area contributed by atoms with E-state index in [4.69, 9.17) is 58.5 Å². The summed E-state index contributed by atoms with van der Waals surface area (Å²) in [7, 11) is 0. The SMILES string of the molecule is CC(=O)OCC1O[C@@H](Sc2ccccc2)C(NC(=O)OCC(Cl)(Cl)Cl)[C@@H](OC(C)=O)[C@H]1OC(C)=O. The quantitative estimate of drug-likeness (QED) is 0.281. The van der Waals surface area contributed by atoms with Gasteiger partial charge < -0.3 is 29.0 Å². The van der Waals surface area contributed by atoms with Crippen molar-refractivity contribution in [2.24, 2.45) is 0 Å². The molecule has 1 N–H and O–H groups in total. The number of carbonyl (C=O) groups excluding carboxylic acids is 4. The van der Waals surface area contributed by atoms with Crippen LogP contribution in [-0.2, 0) is 38.1 Å². The van der Waals surface area contributed by atoms with Crippen molar-refractivity contribution in [1.29, 1.82) is 0 Å². The van der Waals surface area contributed by atoms with Gasteiger partial charge in [0.25, 0.3) is 0 Å². The van der Waals surface area contributed by atoms with E-state index in [9.17, 15) is 19.2 Å². The van der Waals surface area contributed by atoms with Gasteiger partial charge in [0.1, 0.15) is 30.8 Å². The number of amides is 1. The Hall–Kier alpha value is -1.92. The molecule has 0 bridgehead atoms. The Labute approximate surface area is 221 Å². The van der Waals surface area contributed by atoms with E-state index >= 15 is 0 Å². The van der Waals surface area contributed by atoms with Gasteiger partial charge in [-0.15, -0.1) is 0 Å². The first-order valence-electron chi connectivity index (χ1n) is 10.2. The van der Waals surface area contributed by atoms with E-state index in [1.54, 1.807) is 24.3 Å². The summed E-state index contributed by atoms with van der Waals surface area (Å²) in [6, 6.07) is 7.91. The van der Waals surface area contributed by atoms with Crippen LogP contribution in [0.1, 0.15) is 20.8 Å². The Kier molecular flexibility index (Phi) is 11.2. The molecule has 35 heavy (non-hydrogen) atoms. The van der Waals surface area contributed by atoms with E-state index in [1.165, 1.54) is 18.7 Å². The van der Waals surface area contributed by atoms with E-state index in [2.05, 4.69) is 5.32 Å². The number of carbonyl (C=O) groups is 4. The summed E-state index contributed by atoms with van der Waals surface area (Å²) in [6.45, 7) is 2.64. The van der Waals surface area contributed by atoms with Gasteiger partial charge in [-0.05, 0) is 12.1 Å². The predicted octanol–water partition coefficient (Wildman–Crippen LogP) is 3.40. The summed E-state index contributed by atoms with van der Waals surface area (Å²) in [6.07, 6.45) is -4.50. The molecule has 10 nitrogen and oxygen atoms in total. The first kappa shape index (κ1) is 29.3. The van der Waals surface area contributed by atoms with E-state index < -0.39 is 64.2 Å². The van der Waals surface area contributed by atoms with Crippen molar-refractivity contribution in [2.75, 3.05) is 13.2 Å². The fraction of sp³-hybridized carbons (Fsp3) is 0.524. The average molecular weight is 573 g/mol. The van der Waals surface area contributed by atoms with Crippen molar-refractivity contribution in [3.8, 4) is 0 Å². The maximum absolute atomic E-state index is 12.5. The van der Waals surface area contributed by atoms with Gasteiger partial charge in [0.05, 0.1) is 0 Å². The van der Waals surface area contributed by atoms with Crippen LogP contribution in [0.3, 0.4) is 0 Å². The standard InChI is InChI=1S/C21H24Cl3NO9S/c1-11(26)30-9-15-17(32-12(2)27)18(33-13(3)28)16(25-20(29)31-10-21(22,23)24)19(34-15)35-14-7-5-4-6-8-14/h4-8,15-19H,9-10H2,1-3H3,(H,25,29)/t15?,16?,17-,18+,19-/m0/s1. The zero-order valence-corrected chi connectivity index (χ0v) is 22.0. The lowest BCUT2D eigenvalue weighted by molar-refractivity contribution is -0.211. The molecule has 0 radical (unpaired) electrons. The second kappa shape index (κ2) is 13.4. The molecule has 2 unspecified atom stereocenters. The lowest BCUT2D eigenvalue weighted by Crippen LogP contribution is -2.65. The van der Waals surface area contributed by atoms with Crippen molar-refractivity contribution in [1.82, 2.24) is 5.32 Å². The fourth-order valence-electron chi connectivity index (χ4n) is 3.11. The van der Waals surface area contributed by atoms with Crippen LogP contribution in [0.4, 0.5) is 4.79 Å². The predicted molar refractivity (Wildman–Crippen MR) is 127 cm³/mol. The second-order valence-electron chi connectivity index (χ2n) is 7.29. The topological polar surface area (TPSA) is 126 Å². The summed E-state index contributed by atoms with van der Waals surface area (Å²) in [5, 5.41) is 2.55. The van der Waals surface area contributed by atoms with Crippen LogP contribution in [-0.4, -0.2) is 70.8 Å². The third kappa shape index (κ3) is 10.3. The Bertz CT molecular complexity index is 900. The molecule has 0 aromatic heterocycles.